The molecule has 1 heterocycles. The number of fused-ring (bicyclic) bond motifs is 1. The number of hydrogen-bond donors (Lipinski definition) is 0. The van der Waals surface area contributed by atoms with Gasteiger partial charge in [-0.1, -0.05) is 31.9 Å². The normalized spacial score (nSPS) is 23.4. The largest absolute Gasteiger partial charge is 0.324 e. The number of imidazole rings is 1. The van der Waals surface area contributed by atoms with Crippen molar-refractivity contribution in [1.82, 2.24) is 9.55 Å². The molecule has 0 spiro atoms. The summed E-state index contributed by atoms with van der Waals surface area (Å²) in [6.45, 7) is 2.33. The molecule has 0 amide bonds. The number of rotatable bonds is 2. The van der Waals surface area contributed by atoms with Crippen LogP contribution in [0, 0.1) is 17.2 Å². The van der Waals surface area contributed by atoms with Gasteiger partial charge in [-0.05, 0) is 30.9 Å². The van der Waals surface area contributed by atoms with Gasteiger partial charge < -0.3 is 4.57 Å². The lowest BCUT2D eigenvalue weighted by atomic mass is 9.87. The first-order chi connectivity index (χ1) is 9.29. The summed E-state index contributed by atoms with van der Waals surface area (Å²) in [5, 5.41) is 9.02. The van der Waals surface area contributed by atoms with Crippen LogP contribution in [0.3, 0.4) is 0 Å². The second-order valence-corrected chi connectivity index (χ2v) is 5.65. The Bertz CT molecular complexity index is 620. The van der Waals surface area contributed by atoms with Crippen LogP contribution >= 0.6 is 0 Å². The third kappa shape index (κ3) is 2.23. The number of aromatic nitrogens is 2. The Kier molecular flexibility index (Phi) is 3.25. The zero-order valence-corrected chi connectivity index (χ0v) is 11.3. The van der Waals surface area contributed by atoms with Crippen LogP contribution in [0.15, 0.2) is 24.3 Å². The summed E-state index contributed by atoms with van der Waals surface area (Å²) in [5.41, 5.74) is 2.21. The molecule has 1 aliphatic carbocycles. The van der Waals surface area contributed by atoms with Gasteiger partial charge in [0.15, 0.2) is 0 Å². The minimum absolute atomic E-state index is 0.402. The molecule has 19 heavy (non-hydrogen) atoms. The highest BCUT2D eigenvalue weighted by atomic mass is 15.1. The molecule has 3 rings (SSSR count). The quantitative estimate of drug-likeness (QED) is 0.815. The molecular formula is C16H19N3. The summed E-state index contributed by atoms with van der Waals surface area (Å²) in [5.74, 6) is 1.71. The lowest BCUT2D eigenvalue weighted by molar-refractivity contribution is 0.283. The van der Waals surface area contributed by atoms with E-state index in [1.54, 1.807) is 0 Å². The monoisotopic (exact) mass is 253 g/mol. The summed E-state index contributed by atoms with van der Waals surface area (Å²) >= 11 is 0. The third-order valence-corrected chi connectivity index (χ3v) is 4.18. The minimum Gasteiger partial charge on any atom is -0.324 e. The van der Waals surface area contributed by atoms with Crippen molar-refractivity contribution < 1.29 is 0 Å². The summed E-state index contributed by atoms with van der Waals surface area (Å²) in [6, 6.07) is 11.0. The first kappa shape index (κ1) is 12.2. The highest BCUT2D eigenvalue weighted by Crippen LogP contribution is 2.35. The second kappa shape index (κ2) is 5.05. The van der Waals surface area contributed by atoms with E-state index in [9.17, 15) is 0 Å². The summed E-state index contributed by atoms with van der Waals surface area (Å²) < 4.78 is 2.33. The van der Waals surface area contributed by atoms with E-state index in [1.165, 1.54) is 31.2 Å². The molecule has 1 aromatic carbocycles. The zero-order valence-electron chi connectivity index (χ0n) is 11.3. The smallest absolute Gasteiger partial charge is 0.124 e. The van der Waals surface area contributed by atoms with Crippen molar-refractivity contribution in [3.8, 4) is 6.07 Å². The Labute approximate surface area is 113 Å². The molecule has 3 heteroatoms. The maximum atomic E-state index is 9.02. The van der Waals surface area contributed by atoms with Crippen molar-refractivity contribution in [2.45, 2.75) is 45.1 Å². The lowest BCUT2D eigenvalue weighted by Crippen LogP contribution is -2.19. The van der Waals surface area contributed by atoms with Gasteiger partial charge in [-0.25, -0.2) is 4.98 Å². The lowest BCUT2D eigenvalue weighted by Gasteiger charge is -2.29. The average Bonchev–Trinajstić information content (AvgIpc) is 2.77. The van der Waals surface area contributed by atoms with E-state index in [1.807, 2.05) is 12.1 Å². The molecule has 0 aliphatic heterocycles. The first-order valence-corrected chi connectivity index (χ1v) is 7.12. The van der Waals surface area contributed by atoms with E-state index in [0.717, 1.165) is 17.3 Å². The van der Waals surface area contributed by atoms with Gasteiger partial charge in [0, 0.05) is 6.04 Å². The van der Waals surface area contributed by atoms with E-state index in [-0.39, 0.29) is 0 Å². The molecule has 2 unspecified atom stereocenters. The third-order valence-electron chi connectivity index (χ3n) is 4.18. The van der Waals surface area contributed by atoms with Crippen LogP contribution in [0.5, 0.6) is 0 Å². The highest BCUT2D eigenvalue weighted by Gasteiger charge is 2.24. The Balaban J connectivity index is 2.09. The topological polar surface area (TPSA) is 41.6 Å². The Morgan fingerprint density at radius 3 is 3.00 bits per heavy atom. The fraction of sp³-hybridized carbons (Fsp3) is 0.500. The molecule has 1 fully saturated rings. The van der Waals surface area contributed by atoms with E-state index < -0.39 is 0 Å². The standard InChI is InChI=1S/C16H19N3/c1-12-5-4-6-13(11-12)19-15-8-3-2-7-14(15)18-16(19)9-10-17/h2-3,7-8,12-13H,4-6,9,11H2,1H3. The predicted molar refractivity (Wildman–Crippen MR) is 75.7 cm³/mol. The molecule has 1 aliphatic rings. The summed E-state index contributed by atoms with van der Waals surface area (Å²) in [4.78, 5) is 4.64. The van der Waals surface area contributed by atoms with Crippen LogP contribution in [0.1, 0.15) is 44.5 Å². The van der Waals surface area contributed by atoms with E-state index in [2.05, 4.69) is 34.7 Å². The maximum Gasteiger partial charge on any atom is 0.124 e. The molecule has 0 radical (unpaired) electrons. The van der Waals surface area contributed by atoms with Gasteiger partial charge >= 0.3 is 0 Å². The van der Waals surface area contributed by atoms with Crippen LogP contribution in [-0.2, 0) is 6.42 Å². The van der Waals surface area contributed by atoms with Gasteiger partial charge in [0.05, 0.1) is 23.5 Å². The fourth-order valence-electron chi connectivity index (χ4n) is 3.33. The van der Waals surface area contributed by atoms with Crippen LogP contribution in [0.4, 0.5) is 0 Å². The molecule has 0 bridgehead atoms. The van der Waals surface area contributed by atoms with Crippen LogP contribution in [0.2, 0.25) is 0 Å². The van der Waals surface area contributed by atoms with Crippen molar-refractivity contribution in [2.24, 2.45) is 5.92 Å². The number of hydrogen-bond acceptors (Lipinski definition) is 2. The predicted octanol–water partition coefficient (Wildman–Crippen LogP) is 3.85. The fourth-order valence-corrected chi connectivity index (χ4v) is 3.33. The summed E-state index contributed by atoms with van der Waals surface area (Å²) in [7, 11) is 0. The van der Waals surface area contributed by atoms with Gasteiger partial charge in [0.2, 0.25) is 0 Å². The SMILES string of the molecule is CC1CCCC(n2c(CC#N)nc3ccccc32)C1. The van der Waals surface area contributed by atoms with E-state index in [0.29, 0.717) is 12.5 Å². The molecule has 1 aromatic heterocycles. The van der Waals surface area contributed by atoms with Gasteiger partial charge in [-0.3, -0.25) is 0 Å². The molecule has 3 nitrogen and oxygen atoms in total. The number of nitriles is 1. The molecule has 2 aromatic rings. The van der Waals surface area contributed by atoms with Gasteiger partial charge in [-0.15, -0.1) is 0 Å². The highest BCUT2D eigenvalue weighted by molar-refractivity contribution is 5.76. The maximum absolute atomic E-state index is 9.02. The van der Waals surface area contributed by atoms with Crippen molar-refractivity contribution in [1.29, 1.82) is 5.26 Å². The van der Waals surface area contributed by atoms with E-state index in [4.69, 9.17) is 5.26 Å². The molecule has 0 N–H and O–H groups in total. The van der Waals surface area contributed by atoms with Crippen LogP contribution in [0.25, 0.3) is 11.0 Å². The average molecular weight is 253 g/mol. The van der Waals surface area contributed by atoms with Crippen molar-refractivity contribution in [3.05, 3.63) is 30.1 Å². The van der Waals surface area contributed by atoms with Crippen molar-refractivity contribution >= 4 is 11.0 Å². The molecule has 98 valence electrons. The van der Waals surface area contributed by atoms with Crippen LogP contribution < -0.4 is 0 Å². The summed E-state index contributed by atoms with van der Waals surface area (Å²) in [6.07, 6.45) is 5.43. The van der Waals surface area contributed by atoms with Gasteiger partial charge in [0.1, 0.15) is 5.82 Å². The Morgan fingerprint density at radius 2 is 2.21 bits per heavy atom. The Hall–Kier alpha value is -1.82. The number of para-hydroxylation sites is 2. The van der Waals surface area contributed by atoms with Crippen LogP contribution in [-0.4, -0.2) is 9.55 Å². The van der Waals surface area contributed by atoms with Gasteiger partial charge in [0.25, 0.3) is 0 Å². The Morgan fingerprint density at radius 1 is 1.37 bits per heavy atom. The molecule has 1 saturated carbocycles. The van der Waals surface area contributed by atoms with Crippen molar-refractivity contribution in [2.75, 3.05) is 0 Å². The first-order valence-electron chi connectivity index (χ1n) is 7.12. The molecular weight excluding hydrogens is 234 g/mol. The molecule has 2 atom stereocenters. The second-order valence-electron chi connectivity index (χ2n) is 5.65. The zero-order chi connectivity index (χ0) is 13.2. The van der Waals surface area contributed by atoms with E-state index >= 15 is 0 Å². The van der Waals surface area contributed by atoms with Gasteiger partial charge in [-0.2, -0.15) is 5.26 Å². The number of benzene rings is 1. The van der Waals surface area contributed by atoms with Crippen molar-refractivity contribution in [3.63, 3.8) is 0 Å². The minimum atomic E-state index is 0.402. The molecule has 0 saturated heterocycles. The number of nitrogens with zero attached hydrogens (tertiary/aromatic N) is 3.